The van der Waals surface area contributed by atoms with Crippen LogP contribution in [0, 0.1) is 0 Å². The number of rotatable bonds is 4. The molecule has 2 N–H and O–H groups in total. The van der Waals surface area contributed by atoms with E-state index in [4.69, 9.17) is 33.7 Å². The van der Waals surface area contributed by atoms with Crippen molar-refractivity contribution < 1.29 is 4.74 Å². The van der Waals surface area contributed by atoms with Crippen molar-refractivity contribution in [3.8, 4) is 5.75 Å². The van der Waals surface area contributed by atoms with E-state index < -0.39 is 0 Å². The Morgan fingerprint density at radius 2 is 1.79 bits per heavy atom. The first kappa shape index (κ1) is 14.2. The van der Waals surface area contributed by atoms with Crippen LogP contribution in [-0.4, -0.2) is 0 Å². The molecule has 0 bridgehead atoms. The lowest BCUT2D eigenvalue weighted by Gasteiger charge is -2.10. The first-order valence-electron chi connectivity index (χ1n) is 5.98. The lowest BCUT2D eigenvalue weighted by Crippen LogP contribution is -2.04. The molecule has 2 rings (SSSR count). The molecular formula is C15H15Cl2NO. The van der Waals surface area contributed by atoms with Gasteiger partial charge in [0.05, 0.1) is 0 Å². The Kier molecular flexibility index (Phi) is 4.70. The summed E-state index contributed by atoms with van der Waals surface area (Å²) in [6.07, 6.45) is 0. The second-order valence-electron chi connectivity index (χ2n) is 4.38. The van der Waals surface area contributed by atoms with Crippen LogP contribution in [-0.2, 0) is 6.61 Å². The average Bonchev–Trinajstić information content (AvgIpc) is 2.38. The molecule has 2 aromatic rings. The smallest absolute Gasteiger partial charge is 0.119 e. The summed E-state index contributed by atoms with van der Waals surface area (Å²) in [6.45, 7) is 2.36. The molecule has 0 aromatic heterocycles. The second kappa shape index (κ2) is 6.29. The molecule has 0 saturated heterocycles. The van der Waals surface area contributed by atoms with Gasteiger partial charge in [-0.25, -0.2) is 0 Å². The van der Waals surface area contributed by atoms with Crippen molar-refractivity contribution in [1.82, 2.24) is 0 Å². The minimum atomic E-state index is 0.0276. The molecular weight excluding hydrogens is 281 g/mol. The summed E-state index contributed by atoms with van der Waals surface area (Å²) in [4.78, 5) is 0. The van der Waals surface area contributed by atoms with Gasteiger partial charge < -0.3 is 10.5 Å². The van der Waals surface area contributed by atoms with E-state index in [0.717, 1.165) is 16.9 Å². The fourth-order valence-electron chi connectivity index (χ4n) is 1.67. The number of nitrogens with two attached hydrogens (primary N) is 1. The van der Waals surface area contributed by atoms with E-state index in [1.807, 2.05) is 37.3 Å². The predicted octanol–water partition coefficient (Wildman–Crippen LogP) is 4.59. The van der Waals surface area contributed by atoms with Crippen molar-refractivity contribution in [2.45, 2.75) is 19.6 Å². The van der Waals surface area contributed by atoms with Crippen LogP contribution in [0.25, 0.3) is 0 Å². The first-order valence-corrected chi connectivity index (χ1v) is 6.74. The number of hydrogen-bond donors (Lipinski definition) is 1. The Morgan fingerprint density at radius 1 is 1.11 bits per heavy atom. The number of halogens is 2. The van der Waals surface area contributed by atoms with Gasteiger partial charge in [-0.3, -0.25) is 0 Å². The van der Waals surface area contributed by atoms with Crippen LogP contribution in [0.15, 0.2) is 42.5 Å². The maximum Gasteiger partial charge on any atom is 0.119 e. The molecule has 2 aromatic carbocycles. The maximum absolute atomic E-state index is 6.08. The minimum Gasteiger partial charge on any atom is -0.489 e. The van der Waals surface area contributed by atoms with Crippen LogP contribution in [0.2, 0.25) is 10.0 Å². The summed E-state index contributed by atoms with van der Waals surface area (Å²) in [5, 5.41) is 1.23. The standard InChI is InChI=1S/C15H15Cl2NO/c1-10(18)11-3-6-14(7-4-11)19-9-12-2-5-13(16)8-15(12)17/h2-8,10H,9,18H2,1H3/t10-/m1/s1. The molecule has 0 radical (unpaired) electrons. The molecule has 4 heteroatoms. The minimum absolute atomic E-state index is 0.0276. The molecule has 1 atom stereocenters. The molecule has 0 unspecified atom stereocenters. The summed E-state index contributed by atoms with van der Waals surface area (Å²) in [7, 11) is 0. The molecule has 2 nitrogen and oxygen atoms in total. The fraction of sp³-hybridized carbons (Fsp3) is 0.200. The van der Waals surface area contributed by atoms with Crippen molar-refractivity contribution in [2.75, 3.05) is 0 Å². The van der Waals surface area contributed by atoms with Gasteiger partial charge in [0.2, 0.25) is 0 Å². The Bertz CT molecular complexity index is 553. The van der Waals surface area contributed by atoms with Gasteiger partial charge in [0.25, 0.3) is 0 Å². The molecule has 0 aliphatic heterocycles. The lowest BCUT2D eigenvalue weighted by atomic mass is 10.1. The predicted molar refractivity (Wildman–Crippen MR) is 79.8 cm³/mol. The Labute approximate surface area is 123 Å². The van der Waals surface area contributed by atoms with Gasteiger partial charge in [0.15, 0.2) is 0 Å². The van der Waals surface area contributed by atoms with Crippen molar-refractivity contribution in [2.24, 2.45) is 5.73 Å². The van der Waals surface area contributed by atoms with Gasteiger partial charge >= 0.3 is 0 Å². The molecule has 100 valence electrons. The quantitative estimate of drug-likeness (QED) is 0.895. The highest BCUT2D eigenvalue weighted by Crippen LogP contribution is 2.23. The molecule has 19 heavy (non-hydrogen) atoms. The van der Waals surface area contributed by atoms with Crippen LogP contribution in [0.1, 0.15) is 24.1 Å². The fourth-order valence-corrected chi connectivity index (χ4v) is 2.13. The van der Waals surface area contributed by atoms with Crippen LogP contribution in [0.5, 0.6) is 5.75 Å². The largest absolute Gasteiger partial charge is 0.489 e. The molecule has 0 aliphatic carbocycles. The zero-order valence-corrected chi connectivity index (χ0v) is 12.1. The monoisotopic (exact) mass is 295 g/mol. The first-order chi connectivity index (χ1) is 9.06. The molecule has 0 fully saturated rings. The van der Waals surface area contributed by atoms with Crippen LogP contribution < -0.4 is 10.5 Å². The van der Waals surface area contributed by atoms with Crippen molar-refractivity contribution in [3.63, 3.8) is 0 Å². The van der Waals surface area contributed by atoms with Crippen molar-refractivity contribution >= 4 is 23.2 Å². The second-order valence-corrected chi connectivity index (χ2v) is 5.23. The van der Waals surface area contributed by atoms with Gasteiger partial charge in [-0.05, 0) is 36.8 Å². The molecule has 0 spiro atoms. The normalized spacial score (nSPS) is 12.2. The Hall–Kier alpha value is -1.22. The van der Waals surface area contributed by atoms with Crippen molar-refractivity contribution in [3.05, 3.63) is 63.6 Å². The van der Waals surface area contributed by atoms with Crippen LogP contribution in [0.4, 0.5) is 0 Å². The molecule has 0 aliphatic rings. The Morgan fingerprint density at radius 3 is 2.37 bits per heavy atom. The van der Waals surface area contributed by atoms with E-state index in [2.05, 4.69) is 0 Å². The van der Waals surface area contributed by atoms with Gasteiger partial charge in [0.1, 0.15) is 12.4 Å². The van der Waals surface area contributed by atoms with E-state index in [0.29, 0.717) is 16.7 Å². The SMILES string of the molecule is C[C@@H](N)c1ccc(OCc2ccc(Cl)cc2Cl)cc1. The zero-order chi connectivity index (χ0) is 13.8. The summed E-state index contributed by atoms with van der Waals surface area (Å²) in [5.41, 5.74) is 7.78. The van der Waals surface area contributed by atoms with Crippen LogP contribution in [0.3, 0.4) is 0 Å². The van der Waals surface area contributed by atoms with E-state index in [9.17, 15) is 0 Å². The van der Waals surface area contributed by atoms with Crippen LogP contribution >= 0.6 is 23.2 Å². The zero-order valence-electron chi connectivity index (χ0n) is 10.6. The number of hydrogen-bond acceptors (Lipinski definition) is 2. The topological polar surface area (TPSA) is 35.2 Å². The summed E-state index contributed by atoms with van der Waals surface area (Å²) < 4.78 is 5.68. The van der Waals surface area contributed by atoms with E-state index >= 15 is 0 Å². The molecule has 0 saturated carbocycles. The number of ether oxygens (including phenoxy) is 1. The van der Waals surface area contributed by atoms with E-state index in [-0.39, 0.29) is 6.04 Å². The third kappa shape index (κ3) is 3.87. The Balaban J connectivity index is 2.02. The summed E-state index contributed by atoms with van der Waals surface area (Å²) in [5.74, 6) is 0.787. The average molecular weight is 296 g/mol. The highest BCUT2D eigenvalue weighted by atomic mass is 35.5. The van der Waals surface area contributed by atoms with E-state index in [1.165, 1.54) is 0 Å². The summed E-state index contributed by atoms with van der Waals surface area (Å²) >= 11 is 11.9. The van der Waals surface area contributed by atoms with Gasteiger partial charge in [-0.15, -0.1) is 0 Å². The van der Waals surface area contributed by atoms with Gasteiger partial charge in [-0.2, -0.15) is 0 Å². The van der Waals surface area contributed by atoms with Gasteiger partial charge in [0, 0.05) is 21.7 Å². The van der Waals surface area contributed by atoms with Crippen molar-refractivity contribution in [1.29, 1.82) is 0 Å². The highest BCUT2D eigenvalue weighted by Gasteiger charge is 2.03. The maximum atomic E-state index is 6.08. The lowest BCUT2D eigenvalue weighted by molar-refractivity contribution is 0.306. The van der Waals surface area contributed by atoms with E-state index in [1.54, 1.807) is 12.1 Å². The van der Waals surface area contributed by atoms with Gasteiger partial charge in [-0.1, -0.05) is 41.4 Å². The molecule has 0 amide bonds. The number of benzene rings is 2. The highest BCUT2D eigenvalue weighted by molar-refractivity contribution is 6.35. The third-order valence-corrected chi connectivity index (χ3v) is 3.40. The summed E-state index contributed by atoms with van der Waals surface area (Å²) in [6, 6.07) is 13.1. The third-order valence-electron chi connectivity index (χ3n) is 2.82. The molecule has 0 heterocycles.